The first-order valence-electron chi connectivity index (χ1n) is 5.85. The fraction of sp³-hybridized carbons (Fsp3) is 0.667. The van der Waals surface area contributed by atoms with Gasteiger partial charge in [-0.3, -0.25) is 0 Å². The molecule has 0 aromatic carbocycles. The number of hydrogen-bond donors (Lipinski definition) is 1. The van der Waals surface area contributed by atoms with Crippen LogP contribution in [0.4, 0.5) is 5.00 Å². The fourth-order valence-electron chi connectivity index (χ4n) is 2.38. The SMILES string of the molecule is Cc1nsc(NC(C)C2CCCC2)c1C#N. The first-order valence-corrected chi connectivity index (χ1v) is 6.62. The molecule has 1 N–H and O–H groups in total. The second-order valence-electron chi connectivity index (χ2n) is 4.56. The van der Waals surface area contributed by atoms with Gasteiger partial charge in [-0.1, -0.05) is 12.8 Å². The molecule has 1 fully saturated rings. The van der Waals surface area contributed by atoms with E-state index in [4.69, 9.17) is 5.26 Å². The Hall–Kier alpha value is -1.08. The smallest absolute Gasteiger partial charge is 0.127 e. The molecule has 86 valence electrons. The van der Waals surface area contributed by atoms with Gasteiger partial charge in [0.05, 0.1) is 5.69 Å². The maximum absolute atomic E-state index is 9.04. The van der Waals surface area contributed by atoms with Crippen LogP contribution in [-0.4, -0.2) is 10.4 Å². The highest BCUT2D eigenvalue weighted by Crippen LogP contribution is 2.31. The number of hydrogen-bond acceptors (Lipinski definition) is 4. The molecule has 0 saturated heterocycles. The molecule has 1 aliphatic carbocycles. The number of nitrogens with one attached hydrogen (secondary N) is 1. The third kappa shape index (κ3) is 2.19. The molecule has 0 aliphatic heterocycles. The topological polar surface area (TPSA) is 48.7 Å². The number of nitriles is 1. The molecule has 1 saturated carbocycles. The number of nitrogens with zero attached hydrogens (tertiary/aromatic N) is 2. The summed E-state index contributed by atoms with van der Waals surface area (Å²) in [7, 11) is 0. The Balaban J connectivity index is 2.05. The normalized spacial score (nSPS) is 18.3. The molecule has 4 heteroatoms. The van der Waals surface area contributed by atoms with Gasteiger partial charge in [0.2, 0.25) is 0 Å². The van der Waals surface area contributed by atoms with Crippen molar-refractivity contribution in [2.24, 2.45) is 5.92 Å². The molecule has 1 aromatic heterocycles. The highest BCUT2D eigenvalue weighted by atomic mass is 32.1. The average molecular weight is 235 g/mol. The van der Waals surface area contributed by atoms with Crippen LogP contribution >= 0.6 is 11.5 Å². The molecule has 16 heavy (non-hydrogen) atoms. The molecule has 1 atom stereocenters. The van der Waals surface area contributed by atoms with Gasteiger partial charge in [0.1, 0.15) is 16.6 Å². The second-order valence-corrected chi connectivity index (χ2v) is 5.33. The first kappa shape index (κ1) is 11.4. The summed E-state index contributed by atoms with van der Waals surface area (Å²) in [6.07, 6.45) is 5.33. The van der Waals surface area contributed by atoms with Crippen LogP contribution in [0.5, 0.6) is 0 Å². The summed E-state index contributed by atoms with van der Waals surface area (Å²) in [5, 5.41) is 13.4. The van der Waals surface area contributed by atoms with E-state index >= 15 is 0 Å². The van der Waals surface area contributed by atoms with Crippen LogP contribution in [0.2, 0.25) is 0 Å². The van der Waals surface area contributed by atoms with Crippen molar-refractivity contribution in [2.45, 2.75) is 45.6 Å². The molecule has 0 bridgehead atoms. The van der Waals surface area contributed by atoms with Crippen molar-refractivity contribution in [1.29, 1.82) is 5.26 Å². The van der Waals surface area contributed by atoms with Gasteiger partial charge in [-0.15, -0.1) is 0 Å². The Kier molecular flexibility index (Phi) is 3.45. The second kappa shape index (κ2) is 4.84. The van der Waals surface area contributed by atoms with Gasteiger partial charge >= 0.3 is 0 Å². The van der Waals surface area contributed by atoms with Crippen molar-refractivity contribution in [1.82, 2.24) is 4.37 Å². The summed E-state index contributed by atoms with van der Waals surface area (Å²) in [5.74, 6) is 0.758. The first-order chi connectivity index (χ1) is 7.72. The van der Waals surface area contributed by atoms with Gasteiger partial charge in [-0.05, 0) is 44.1 Å². The Morgan fingerprint density at radius 2 is 2.19 bits per heavy atom. The lowest BCUT2D eigenvalue weighted by Crippen LogP contribution is -2.23. The number of rotatable bonds is 3. The fourth-order valence-corrected chi connectivity index (χ4v) is 3.22. The molecular weight excluding hydrogens is 218 g/mol. The number of aromatic nitrogens is 1. The zero-order chi connectivity index (χ0) is 11.5. The summed E-state index contributed by atoms with van der Waals surface area (Å²) in [6, 6.07) is 2.68. The van der Waals surface area contributed by atoms with E-state index in [1.165, 1.54) is 37.2 Å². The molecule has 0 radical (unpaired) electrons. The highest BCUT2D eigenvalue weighted by Gasteiger charge is 2.23. The van der Waals surface area contributed by atoms with Gasteiger partial charge in [0, 0.05) is 6.04 Å². The zero-order valence-electron chi connectivity index (χ0n) is 9.79. The summed E-state index contributed by atoms with van der Waals surface area (Å²) in [6.45, 7) is 4.10. The van der Waals surface area contributed by atoms with Gasteiger partial charge < -0.3 is 5.32 Å². The van der Waals surface area contributed by atoms with Crippen LogP contribution in [0.25, 0.3) is 0 Å². The van der Waals surface area contributed by atoms with Crippen molar-refractivity contribution in [3.8, 4) is 6.07 Å². The van der Waals surface area contributed by atoms with Crippen molar-refractivity contribution >= 4 is 16.5 Å². The third-order valence-corrected chi connectivity index (χ3v) is 4.31. The van der Waals surface area contributed by atoms with Gasteiger partial charge in [-0.25, -0.2) is 0 Å². The Morgan fingerprint density at radius 1 is 1.50 bits per heavy atom. The third-order valence-electron chi connectivity index (χ3n) is 3.44. The van der Waals surface area contributed by atoms with Crippen molar-refractivity contribution in [3.05, 3.63) is 11.3 Å². The van der Waals surface area contributed by atoms with E-state index in [2.05, 4.69) is 22.7 Å². The quantitative estimate of drug-likeness (QED) is 0.874. The lowest BCUT2D eigenvalue weighted by molar-refractivity contribution is 0.483. The van der Waals surface area contributed by atoms with E-state index in [0.29, 0.717) is 6.04 Å². The monoisotopic (exact) mass is 235 g/mol. The number of anilines is 1. The van der Waals surface area contributed by atoms with E-state index in [-0.39, 0.29) is 0 Å². The van der Waals surface area contributed by atoms with E-state index in [9.17, 15) is 0 Å². The van der Waals surface area contributed by atoms with E-state index in [0.717, 1.165) is 22.2 Å². The predicted molar refractivity (Wildman–Crippen MR) is 66.6 cm³/mol. The summed E-state index contributed by atoms with van der Waals surface area (Å²) in [4.78, 5) is 0. The van der Waals surface area contributed by atoms with Crippen LogP contribution in [-0.2, 0) is 0 Å². The lowest BCUT2D eigenvalue weighted by Gasteiger charge is -2.20. The summed E-state index contributed by atoms with van der Waals surface area (Å²) < 4.78 is 4.22. The molecular formula is C12H17N3S. The van der Waals surface area contributed by atoms with Crippen LogP contribution in [0, 0.1) is 24.2 Å². The molecule has 1 unspecified atom stereocenters. The summed E-state index contributed by atoms with van der Waals surface area (Å²) >= 11 is 1.40. The van der Waals surface area contributed by atoms with Crippen LogP contribution in [0.3, 0.4) is 0 Å². The largest absolute Gasteiger partial charge is 0.372 e. The minimum atomic E-state index is 0.453. The molecule has 1 aliphatic rings. The molecule has 2 rings (SSSR count). The summed E-state index contributed by atoms with van der Waals surface area (Å²) in [5.41, 5.74) is 1.56. The van der Waals surface area contributed by atoms with Crippen molar-refractivity contribution in [2.75, 3.05) is 5.32 Å². The zero-order valence-corrected chi connectivity index (χ0v) is 10.6. The highest BCUT2D eigenvalue weighted by molar-refractivity contribution is 7.10. The predicted octanol–water partition coefficient (Wildman–Crippen LogP) is 3.31. The minimum absolute atomic E-state index is 0.453. The molecule has 1 aromatic rings. The Morgan fingerprint density at radius 3 is 2.81 bits per heavy atom. The van der Waals surface area contributed by atoms with Crippen molar-refractivity contribution in [3.63, 3.8) is 0 Å². The maximum Gasteiger partial charge on any atom is 0.127 e. The standard InChI is InChI=1S/C12H17N3S/c1-8(10-5-3-4-6-10)14-12-11(7-13)9(2)15-16-12/h8,10,14H,3-6H2,1-2H3. The Bertz CT molecular complexity index is 399. The van der Waals surface area contributed by atoms with E-state index in [1.54, 1.807) is 0 Å². The average Bonchev–Trinajstić information content (AvgIpc) is 2.88. The molecule has 1 heterocycles. The van der Waals surface area contributed by atoms with Gasteiger partial charge in [0.15, 0.2) is 0 Å². The van der Waals surface area contributed by atoms with Crippen LogP contribution < -0.4 is 5.32 Å². The molecule has 0 amide bonds. The van der Waals surface area contributed by atoms with E-state index < -0.39 is 0 Å². The Labute approximate surface area is 101 Å². The van der Waals surface area contributed by atoms with Crippen LogP contribution in [0.15, 0.2) is 0 Å². The lowest BCUT2D eigenvalue weighted by atomic mass is 10.00. The van der Waals surface area contributed by atoms with Gasteiger partial charge in [0.25, 0.3) is 0 Å². The minimum Gasteiger partial charge on any atom is -0.372 e. The van der Waals surface area contributed by atoms with Gasteiger partial charge in [-0.2, -0.15) is 9.64 Å². The number of aryl methyl sites for hydroxylation is 1. The maximum atomic E-state index is 9.04. The van der Waals surface area contributed by atoms with Crippen LogP contribution in [0.1, 0.15) is 43.9 Å². The van der Waals surface area contributed by atoms with E-state index in [1.807, 2.05) is 6.92 Å². The molecule has 0 spiro atoms. The van der Waals surface area contributed by atoms with Crippen molar-refractivity contribution < 1.29 is 0 Å². The molecule has 3 nitrogen and oxygen atoms in total.